The number of anilines is 1. The summed E-state index contributed by atoms with van der Waals surface area (Å²) in [5.74, 6) is -0.956. The molecule has 1 amide bonds. The van der Waals surface area contributed by atoms with E-state index in [4.69, 9.17) is 9.82 Å². The molecule has 182 valence electrons. The molecule has 2 aliphatic carbocycles. The van der Waals surface area contributed by atoms with Gasteiger partial charge in [-0.25, -0.2) is 9.67 Å². The van der Waals surface area contributed by atoms with Gasteiger partial charge in [0.1, 0.15) is 5.60 Å². The molecule has 2 aromatic rings. The Morgan fingerprint density at radius 3 is 2.62 bits per heavy atom. The third-order valence-corrected chi connectivity index (χ3v) is 7.66. The molecule has 0 bridgehead atoms. The molecule has 3 N–H and O–H groups in total. The van der Waals surface area contributed by atoms with Crippen molar-refractivity contribution in [1.29, 1.82) is 0 Å². The maximum absolute atomic E-state index is 12.0. The van der Waals surface area contributed by atoms with Crippen LogP contribution in [0.4, 0.5) is 5.69 Å². The van der Waals surface area contributed by atoms with E-state index < -0.39 is 11.6 Å². The van der Waals surface area contributed by atoms with E-state index in [1.165, 1.54) is 0 Å². The monoisotopic (exact) mass is 468 g/mol. The molecule has 5 rings (SSSR count). The molecule has 10 nitrogen and oxygen atoms in total. The second kappa shape index (κ2) is 8.56. The second-order valence-electron chi connectivity index (χ2n) is 9.89. The molecule has 0 unspecified atom stereocenters. The van der Waals surface area contributed by atoms with Crippen molar-refractivity contribution in [2.24, 2.45) is 17.0 Å². The highest BCUT2D eigenvalue weighted by atomic mass is 16.7. The van der Waals surface area contributed by atoms with Gasteiger partial charge in [0.25, 0.3) is 0 Å². The Morgan fingerprint density at radius 2 is 1.97 bits per heavy atom. The number of nitrogens with zero attached hydrogens (tertiary/aromatic N) is 4. The van der Waals surface area contributed by atoms with Gasteiger partial charge < -0.3 is 20.6 Å². The van der Waals surface area contributed by atoms with E-state index in [2.05, 4.69) is 20.9 Å². The van der Waals surface area contributed by atoms with Gasteiger partial charge in [0.15, 0.2) is 5.65 Å². The van der Waals surface area contributed by atoms with E-state index in [0.29, 0.717) is 38.6 Å². The molecule has 10 heteroatoms. The fourth-order valence-electron chi connectivity index (χ4n) is 5.71. The highest BCUT2D eigenvalue weighted by Crippen LogP contribution is 2.48. The minimum absolute atomic E-state index is 0.0350. The minimum atomic E-state index is -0.705. The van der Waals surface area contributed by atoms with Gasteiger partial charge >= 0.3 is 5.97 Å². The summed E-state index contributed by atoms with van der Waals surface area (Å²) in [6.07, 6.45) is 6.71. The van der Waals surface area contributed by atoms with Crippen LogP contribution >= 0.6 is 0 Å². The molecule has 0 saturated heterocycles. The number of aromatic nitrogens is 3. The maximum Gasteiger partial charge on any atom is 0.306 e. The number of hydrogen-bond donors (Lipinski definition) is 3. The molecule has 3 aliphatic rings. The van der Waals surface area contributed by atoms with Crippen molar-refractivity contribution in [3.63, 3.8) is 0 Å². The normalized spacial score (nSPS) is 28.3. The zero-order valence-electron chi connectivity index (χ0n) is 19.9. The Kier molecular flexibility index (Phi) is 5.69. The molecule has 2 fully saturated rings. The van der Waals surface area contributed by atoms with E-state index >= 15 is 0 Å². The number of pyridine rings is 1. The largest absolute Gasteiger partial charge is 0.481 e. The first-order valence-corrected chi connectivity index (χ1v) is 12.2. The lowest BCUT2D eigenvalue weighted by atomic mass is 9.68. The Hall–Kier alpha value is -3.17. The number of fused-ring (bicyclic) bond motifs is 1. The Morgan fingerprint density at radius 1 is 1.24 bits per heavy atom. The third kappa shape index (κ3) is 3.78. The van der Waals surface area contributed by atoms with Crippen molar-refractivity contribution in [3.05, 3.63) is 17.5 Å². The fraction of sp³-hybridized carbons (Fsp3) is 0.625. The number of amides is 1. The number of nitrogens with one attached hydrogen (secondary N) is 2. The zero-order chi connectivity index (χ0) is 24.0. The lowest BCUT2D eigenvalue weighted by molar-refractivity contribution is -0.147. The number of hydrogen-bond acceptors (Lipinski definition) is 7. The summed E-state index contributed by atoms with van der Waals surface area (Å²) in [6.45, 7) is 4.74. The predicted octanol–water partition coefficient (Wildman–Crippen LogP) is 2.83. The first-order chi connectivity index (χ1) is 16.3. The second-order valence-corrected chi connectivity index (χ2v) is 9.89. The van der Waals surface area contributed by atoms with Crippen LogP contribution in [0.5, 0.6) is 0 Å². The van der Waals surface area contributed by atoms with Crippen LogP contribution in [0, 0.1) is 18.8 Å². The summed E-state index contributed by atoms with van der Waals surface area (Å²) in [5, 5.41) is 25.9. The molecule has 2 aromatic heterocycles. The Balaban J connectivity index is 1.44. The topological polar surface area (TPSA) is 131 Å². The van der Waals surface area contributed by atoms with Crippen molar-refractivity contribution >= 4 is 34.3 Å². The summed E-state index contributed by atoms with van der Waals surface area (Å²) in [4.78, 5) is 34.0. The van der Waals surface area contributed by atoms with Gasteiger partial charge in [0.05, 0.1) is 28.4 Å². The van der Waals surface area contributed by atoms with Gasteiger partial charge in [-0.15, -0.1) is 0 Å². The lowest BCUT2D eigenvalue weighted by Crippen LogP contribution is -2.49. The van der Waals surface area contributed by atoms with Crippen LogP contribution in [-0.4, -0.2) is 56.1 Å². The molecular weight excluding hydrogens is 436 g/mol. The number of aliphatic carboxylic acids is 1. The number of carboxylic acids is 1. The molecule has 0 radical (unpaired) electrons. The van der Waals surface area contributed by atoms with Crippen LogP contribution in [-0.2, 0) is 21.0 Å². The van der Waals surface area contributed by atoms with E-state index in [1.807, 2.05) is 24.7 Å². The first-order valence-electron chi connectivity index (χ1n) is 12.2. The van der Waals surface area contributed by atoms with Crippen molar-refractivity contribution in [2.45, 2.75) is 77.0 Å². The van der Waals surface area contributed by atoms with Crippen molar-refractivity contribution in [2.75, 3.05) is 12.4 Å². The number of rotatable bonds is 6. The van der Waals surface area contributed by atoms with Crippen LogP contribution in [0.1, 0.15) is 63.1 Å². The molecule has 0 aromatic carbocycles. The van der Waals surface area contributed by atoms with Gasteiger partial charge in [0.2, 0.25) is 5.91 Å². The van der Waals surface area contributed by atoms with Gasteiger partial charge in [-0.2, -0.15) is 5.10 Å². The molecule has 2 saturated carbocycles. The standard InChI is InChI=1S/C24H32N6O4/c1-4-30-21-19(13(2)28-30)20(27-16-7-5-14(6-8-16)23(32)33)17(12-26-21)18-11-24(34-29-18)9-15(10-24)22(31)25-3/h12,14-16H,4-11H2,1-3H3,(H,25,31)(H,26,27)(H,32,33). The number of aryl methyl sites for hydroxylation is 2. The average molecular weight is 469 g/mol. The lowest BCUT2D eigenvalue weighted by Gasteiger charge is -2.41. The van der Waals surface area contributed by atoms with E-state index in [1.54, 1.807) is 7.05 Å². The molecule has 3 heterocycles. The summed E-state index contributed by atoms with van der Waals surface area (Å²) in [5.41, 5.74) is 3.97. The average Bonchev–Trinajstić information content (AvgIpc) is 3.40. The molecule has 34 heavy (non-hydrogen) atoms. The predicted molar refractivity (Wildman–Crippen MR) is 127 cm³/mol. The summed E-state index contributed by atoms with van der Waals surface area (Å²) >= 11 is 0. The van der Waals surface area contributed by atoms with Gasteiger partial charge in [-0.05, 0) is 39.5 Å². The van der Waals surface area contributed by atoms with Crippen molar-refractivity contribution in [3.8, 4) is 0 Å². The van der Waals surface area contributed by atoms with Crippen LogP contribution in [0.25, 0.3) is 11.0 Å². The Bertz CT molecular complexity index is 1160. The first kappa shape index (κ1) is 22.6. The number of carbonyl (C=O) groups is 2. The van der Waals surface area contributed by atoms with Crippen molar-refractivity contribution in [1.82, 2.24) is 20.1 Å². The van der Waals surface area contributed by atoms with E-state index in [0.717, 1.165) is 46.5 Å². The number of carbonyl (C=O) groups excluding carboxylic acids is 1. The van der Waals surface area contributed by atoms with E-state index in [9.17, 15) is 14.7 Å². The third-order valence-electron chi connectivity index (χ3n) is 7.66. The zero-order valence-corrected chi connectivity index (χ0v) is 19.9. The quantitative estimate of drug-likeness (QED) is 0.594. The molecule has 0 atom stereocenters. The highest BCUT2D eigenvalue weighted by Gasteiger charge is 2.53. The summed E-state index contributed by atoms with van der Waals surface area (Å²) in [6, 6.07) is 0.169. The van der Waals surface area contributed by atoms with Gasteiger partial charge in [0, 0.05) is 56.6 Å². The molecule has 1 aliphatic heterocycles. The van der Waals surface area contributed by atoms with Crippen LogP contribution in [0.3, 0.4) is 0 Å². The summed E-state index contributed by atoms with van der Waals surface area (Å²) < 4.78 is 1.90. The molecular formula is C24H32N6O4. The summed E-state index contributed by atoms with van der Waals surface area (Å²) in [7, 11) is 1.66. The SMILES string of the molecule is CCn1nc(C)c2c(NC3CCC(C(=O)O)CC3)c(C3=NOC4(C3)CC(C(=O)NC)C4)cnc21. The molecule has 1 spiro atoms. The minimum Gasteiger partial charge on any atom is -0.481 e. The van der Waals surface area contributed by atoms with Crippen molar-refractivity contribution < 1.29 is 19.5 Å². The van der Waals surface area contributed by atoms with Gasteiger partial charge in [-0.1, -0.05) is 5.16 Å². The smallest absolute Gasteiger partial charge is 0.306 e. The number of carboxylic acid groups (broad SMARTS) is 1. The van der Waals surface area contributed by atoms with Crippen LogP contribution in [0.2, 0.25) is 0 Å². The van der Waals surface area contributed by atoms with Gasteiger partial charge in [-0.3, -0.25) is 9.59 Å². The van der Waals surface area contributed by atoms with E-state index in [-0.39, 0.29) is 23.8 Å². The van der Waals surface area contributed by atoms with Crippen LogP contribution < -0.4 is 10.6 Å². The number of oxime groups is 1. The Labute approximate surface area is 198 Å². The fourth-order valence-corrected chi connectivity index (χ4v) is 5.71. The van der Waals surface area contributed by atoms with Crippen LogP contribution in [0.15, 0.2) is 11.4 Å². The maximum atomic E-state index is 12.0. The highest BCUT2D eigenvalue weighted by molar-refractivity contribution is 6.11.